The first-order chi connectivity index (χ1) is 13.8. The van der Waals surface area contributed by atoms with Gasteiger partial charge in [0.25, 0.3) is 0 Å². The fourth-order valence-electron chi connectivity index (χ4n) is 3.18. The van der Waals surface area contributed by atoms with Crippen LogP contribution in [-0.2, 0) is 17.3 Å². The third-order valence-electron chi connectivity index (χ3n) is 4.86. The highest BCUT2D eigenvalue weighted by Gasteiger charge is 2.32. The molecule has 1 aliphatic carbocycles. The van der Waals surface area contributed by atoms with Gasteiger partial charge < -0.3 is 4.74 Å². The number of methoxy groups -OCH3 is 1. The highest BCUT2D eigenvalue weighted by Crippen LogP contribution is 2.47. The van der Waals surface area contributed by atoms with Crippen molar-refractivity contribution in [2.75, 3.05) is 7.11 Å². The Labute approximate surface area is 170 Å². The van der Waals surface area contributed by atoms with Gasteiger partial charge in [-0.25, -0.2) is 9.78 Å². The Hall–Kier alpha value is -2.67. The minimum absolute atomic E-state index is 0.393. The molecule has 0 unspecified atom stereocenters. The number of nitrogens with zero attached hydrogens (tertiary/aromatic N) is 1. The van der Waals surface area contributed by atoms with E-state index in [2.05, 4.69) is 0 Å². The third kappa shape index (κ3) is 4.34. The predicted octanol–water partition coefficient (Wildman–Crippen LogP) is 6.08. The summed E-state index contributed by atoms with van der Waals surface area (Å²) in [5, 5.41) is 0.610. The first-order valence-corrected chi connectivity index (χ1v) is 10.0. The highest BCUT2D eigenvalue weighted by atomic mass is 32.1. The van der Waals surface area contributed by atoms with Gasteiger partial charge in [-0.3, -0.25) is 0 Å². The number of benzene rings is 2. The zero-order valence-electron chi connectivity index (χ0n) is 15.6. The van der Waals surface area contributed by atoms with E-state index in [1.807, 2.05) is 12.1 Å². The van der Waals surface area contributed by atoms with Crippen molar-refractivity contribution >= 4 is 17.3 Å². The van der Waals surface area contributed by atoms with E-state index in [1.165, 1.54) is 24.5 Å². The molecule has 0 radical (unpaired) electrons. The molecular formula is C22H18F3NO2S. The lowest BCUT2D eigenvalue weighted by atomic mass is 10.1. The SMILES string of the molecule is COC(=O)c1ccc(Cc2nc(-c3cccc(C(F)(F)F)c3)sc2C2CC2)cc1. The molecule has 1 aliphatic rings. The molecular weight excluding hydrogens is 399 g/mol. The molecule has 1 heterocycles. The average Bonchev–Trinajstić information content (AvgIpc) is 3.48. The van der Waals surface area contributed by atoms with E-state index in [0.29, 0.717) is 28.5 Å². The van der Waals surface area contributed by atoms with Crippen LogP contribution in [0.5, 0.6) is 0 Å². The molecule has 0 N–H and O–H groups in total. The molecule has 29 heavy (non-hydrogen) atoms. The van der Waals surface area contributed by atoms with Gasteiger partial charge >= 0.3 is 12.1 Å². The Bertz CT molecular complexity index is 1040. The van der Waals surface area contributed by atoms with Crippen molar-refractivity contribution < 1.29 is 22.7 Å². The first kappa shape index (κ1) is 19.6. The van der Waals surface area contributed by atoms with E-state index < -0.39 is 17.7 Å². The Balaban J connectivity index is 1.63. The molecule has 3 aromatic rings. The van der Waals surface area contributed by atoms with Gasteiger partial charge in [-0.05, 0) is 48.6 Å². The number of carbonyl (C=O) groups excluding carboxylic acids is 1. The van der Waals surface area contributed by atoms with Crippen LogP contribution in [0.15, 0.2) is 48.5 Å². The number of alkyl halides is 3. The number of halogens is 3. The second-order valence-corrected chi connectivity index (χ2v) is 8.08. The summed E-state index contributed by atoms with van der Waals surface area (Å²) in [5.41, 5.74) is 2.18. The summed E-state index contributed by atoms with van der Waals surface area (Å²) in [6.07, 6.45) is -1.64. The van der Waals surface area contributed by atoms with Crippen molar-refractivity contribution in [3.05, 3.63) is 75.8 Å². The molecule has 4 rings (SSSR count). The Morgan fingerprint density at radius 3 is 2.52 bits per heavy atom. The van der Waals surface area contributed by atoms with Crippen molar-refractivity contribution in [2.45, 2.75) is 31.4 Å². The fraction of sp³-hybridized carbons (Fsp3) is 0.273. The van der Waals surface area contributed by atoms with E-state index in [-0.39, 0.29) is 0 Å². The monoisotopic (exact) mass is 417 g/mol. The van der Waals surface area contributed by atoms with Crippen LogP contribution in [0.2, 0.25) is 0 Å². The highest BCUT2D eigenvalue weighted by molar-refractivity contribution is 7.15. The van der Waals surface area contributed by atoms with Gasteiger partial charge in [0.15, 0.2) is 0 Å². The van der Waals surface area contributed by atoms with Gasteiger partial charge in [-0.2, -0.15) is 13.2 Å². The van der Waals surface area contributed by atoms with Gasteiger partial charge in [0.1, 0.15) is 5.01 Å². The number of ether oxygens (including phenoxy) is 1. The van der Waals surface area contributed by atoms with Crippen LogP contribution in [0.25, 0.3) is 10.6 Å². The summed E-state index contributed by atoms with van der Waals surface area (Å²) < 4.78 is 43.9. The largest absolute Gasteiger partial charge is 0.465 e. The molecule has 0 bridgehead atoms. The number of carbonyl (C=O) groups is 1. The normalized spacial score (nSPS) is 14.1. The second-order valence-electron chi connectivity index (χ2n) is 7.05. The summed E-state index contributed by atoms with van der Waals surface area (Å²) in [7, 11) is 1.34. The molecule has 1 aromatic heterocycles. The smallest absolute Gasteiger partial charge is 0.416 e. The van der Waals surface area contributed by atoms with E-state index in [4.69, 9.17) is 9.72 Å². The quantitative estimate of drug-likeness (QED) is 0.472. The summed E-state index contributed by atoms with van der Waals surface area (Å²) in [4.78, 5) is 17.4. The van der Waals surface area contributed by atoms with Crippen molar-refractivity contribution in [3.8, 4) is 10.6 Å². The van der Waals surface area contributed by atoms with Crippen LogP contribution in [0, 0.1) is 0 Å². The Morgan fingerprint density at radius 1 is 1.17 bits per heavy atom. The molecule has 0 atom stereocenters. The van der Waals surface area contributed by atoms with Crippen LogP contribution in [0.1, 0.15) is 50.8 Å². The summed E-state index contributed by atoms with van der Waals surface area (Å²) in [5.74, 6) is 0.0482. The topological polar surface area (TPSA) is 39.2 Å². The number of aromatic nitrogens is 1. The third-order valence-corrected chi connectivity index (χ3v) is 6.17. The van der Waals surface area contributed by atoms with E-state index in [0.717, 1.165) is 41.1 Å². The first-order valence-electron chi connectivity index (χ1n) is 9.19. The molecule has 1 saturated carbocycles. The lowest BCUT2D eigenvalue weighted by Crippen LogP contribution is -2.04. The van der Waals surface area contributed by atoms with Gasteiger partial charge in [-0.1, -0.05) is 24.3 Å². The van der Waals surface area contributed by atoms with Gasteiger partial charge in [0.05, 0.1) is 23.9 Å². The standard InChI is InChI=1S/C22H18F3NO2S/c1-28-21(27)15-7-5-13(6-8-15)11-18-19(14-9-10-14)29-20(26-18)16-3-2-4-17(12-16)22(23,24)25/h2-8,12,14H,9-11H2,1H3. The van der Waals surface area contributed by atoms with Crippen molar-refractivity contribution in [1.29, 1.82) is 0 Å². The molecule has 2 aromatic carbocycles. The number of hydrogen-bond acceptors (Lipinski definition) is 4. The maximum absolute atomic E-state index is 13.1. The molecule has 7 heteroatoms. The molecule has 0 aliphatic heterocycles. The van der Waals surface area contributed by atoms with Crippen molar-refractivity contribution in [2.24, 2.45) is 0 Å². The lowest BCUT2D eigenvalue weighted by Gasteiger charge is -2.07. The summed E-state index contributed by atoms with van der Waals surface area (Å²) in [6.45, 7) is 0. The molecule has 0 saturated heterocycles. The second kappa shape index (κ2) is 7.63. The van der Waals surface area contributed by atoms with E-state index in [1.54, 1.807) is 18.2 Å². The van der Waals surface area contributed by atoms with Crippen molar-refractivity contribution in [3.63, 3.8) is 0 Å². The van der Waals surface area contributed by atoms with E-state index in [9.17, 15) is 18.0 Å². The van der Waals surface area contributed by atoms with Crippen molar-refractivity contribution in [1.82, 2.24) is 4.98 Å². The Morgan fingerprint density at radius 2 is 1.90 bits per heavy atom. The van der Waals surface area contributed by atoms with Gasteiger partial charge in [0.2, 0.25) is 0 Å². The minimum Gasteiger partial charge on any atom is -0.465 e. The number of esters is 1. The minimum atomic E-state index is -4.38. The zero-order valence-corrected chi connectivity index (χ0v) is 16.4. The molecule has 150 valence electrons. The Kier molecular flexibility index (Phi) is 5.17. The van der Waals surface area contributed by atoms with Crippen LogP contribution < -0.4 is 0 Å². The molecule has 3 nitrogen and oxygen atoms in total. The van der Waals surface area contributed by atoms with Crippen LogP contribution in [0.3, 0.4) is 0 Å². The van der Waals surface area contributed by atoms with Gasteiger partial charge in [-0.15, -0.1) is 11.3 Å². The zero-order chi connectivity index (χ0) is 20.6. The molecule has 0 spiro atoms. The number of hydrogen-bond donors (Lipinski definition) is 0. The molecule has 0 amide bonds. The van der Waals surface area contributed by atoms with Gasteiger partial charge in [0, 0.05) is 16.9 Å². The summed E-state index contributed by atoms with van der Waals surface area (Å²) in [6, 6.07) is 12.4. The fourth-order valence-corrected chi connectivity index (χ4v) is 4.42. The predicted molar refractivity (Wildman–Crippen MR) is 105 cm³/mol. The number of rotatable bonds is 5. The van der Waals surface area contributed by atoms with Crippen LogP contribution >= 0.6 is 11.3 Å². The maximum atomic E-state index is 13.1. The number of thiazole rings is 1. The molecule has 1 fully saturated rings. The van der Waals surface area contributed by atoms with E-state index >= 15 is 0 Å². The average molecular weight is 417 g/mol. The van der Waals surface area contributed by atoms with Crippen LogP contribution in [-0.4, -0.2) is 18.1 Å². The maximum Gasteiger partial charge on any atom is 0.416 e. The lowest BCUT2D eigenvalue weighted by molar-refractivity contribution is -0.137. The van der Waals surface area contributed by atoms with Crippen LogP contribution in [0.4, 0.5) is 13.2 Å². The summed E-state index contributed by atoms with van der Waals surface area (Å²) >= 11 is 1.48.